The summed E-state index contributed by atoms with van der Waals surface area (Å²) in [6.07, 6.45) is 0.374. The molecule has 3 nitrogen and oxygen atoms in total. The van der Waals surface area contributed by atoms with Crippen LogP contribution in [0.5, 0.6) is 0 Å². The molecule has 1 aromatic carbocycles. The zero-order chi connectivity index (χ0) is 14.4. The molecular weight excluding hydrogens is 241 g/mol. The molecule has 0 unspecified atom stereocenters. The molecule has 1 atom stereocenters. The highest BCUT2D eigenvalue weighted by molar-refractivity contribution is 5.56. The average molecular weight is 263 g/mol. The Morgan fingerprint density at radius 2 is 2.05 bits per heavy atom. The molecule has 0 heterocycles. The number of hydrogen-bond acceptors (Lipinski definition) is 3. The van der Waals surface area contributed by atoms with Gasteiger partial charge in [-0.15, -0.1) is 0 Å². The van der Waals surface area contributed by atoms with Crippen molar-refractivity contribution in [1.82, 2.24) is 0 Å². The number of nitriles is 1. The summed E-state index contributed by atoms with van der Waals surface area (Å²) in [6.45, 7) is 7.23. The Bertz CT molecular complexity index is 449. The van der Waals surface area contributed by atoms with Gasteiger partial charge in [0.1, 0.15) is 5.82 Å². The summed E-state index contributed by atoms with van der Waals surface area (Å²) >= 11 is 0. The van der Waals surface area contributed by atoms with Gasteiger partial charge in [-0.05, 0) is 24.5 Å². The lowest BCUT2D eigenvalue weighted by molar-refractivity contribution is 0.576. The third kappa shape index (κ3) is 4.22. The summed E-state index contributed by atoms with van der Waals surface area (Å²) in [4.78, 5) is 1.93. The van der Waals surface area contributed by atoms with E-state index in [-0.39, 0.29) is 11.9 Å². The first-order valence-corrected chi connectivity index (χ1v) is 6.63. The molecule has 0 bridgehead atoms. The predicted octanol–water partition coefficient (Wildman–Crippen LogP) is 3.22. The molecule has 2 N–H and O–H groups in total. The van der Waals surface area contributed by atoms with E-state index >= 15 is 0 Å². The number of halogens is 1. The first kappa shape index (κ1) is 15.5. The topological polar surface area (TPSA) is 53.0 Å². The van der Waals surface area contributed by atoms with E-state index < -0.39 is 0 Å². The van der Waals surface area contributed by atoms with Crippen LogP contribution in [0.1, 0.15) is 38.8 Å². The van der Waals surface area contributed by atoms with E-state index in [1.807, 2.05) is 17.9 Å². The molecule has 0 aliphatic rings. The molecule has 0 saturated carbocycles. The molecule has 0 radical (unpaired) electrons. The highest BCUT2D eigenvalue weighted by Crippen LogP contribution is 2.29. The lowest BCUT2D eigenvalue weighted by Gasteiger charge is -2.29. The molecule has 0 saturated heterocycles. The van der Waals surface area contributed by atoms with Crippen molar-refractivity contribution < 1.29 is 4.39 Å². The number of hydrogen-bond donors (Lipinski definition) is 1. The Morgan fingerprint density at radius 1 is 1.37 bits per heavy atom. The molecule has 0 aromatic heterocycles. The number of nitrogens with zero attached hydrogens (tertiary/aromatic N) is 2. The second-order valence-corrected chi connectivity index (χ2v) is 5.21. The van der Waals surface area contributed by atoms with E-state index in [0.29, 0.717) is 31.1 Å². The largest absolute Gasteiger partial charge is 0.368 e. The number of para-hydroxylation sites is 1. The van der Waals surface area contributed by atoms with Crippen molar-refractivity contribution in [3.8, 4) is 6.07 Å². The summed E-state index contributed by atoms with van der Waals surface area (Å²) < 4.78 is 14.2. The smallest absolute Gasteiger partial charge is 0.146 e. The fourth-order valence-corrected chi connectivity index (χ4v) is 2.15. The second-order valence-electron chi connectivity index (χ2n) is 5.21. The van der Waals surface area contributed by atoms with Gasteiger partial charge in [0, 0.05) is 19.1 Å². The van der Waals surface area contributed by atoms with Crippen molar-refractivity contribution in [3.63, 3.8) is 0 Å². The van der Waals surface area contributed by atoms with E-state index in [2.05, 4.69) is 19.9 Å². The quantitative estimate of drug-likeness (QED) is 0.857. The number of anilines is 1. The van der Waals surface area contributed by atoms with Crippen LogP contribution in [0.4, 0.5) is 10.1 Å². The summed E-state index contributed by atoms with van der Waals surface area (Å²) in [5.74, 6) is 0.118. The van der Waals surface area contributed by atoms with Crippen molar-refractivity contribution in [2.75, 3.05) is 18.0 Å². The summed E-state index contributed by atoms with van der Waals surface area (Å²) in [5.41, 5.74) is 7.26. The monoisotopic (exact) mass is 263 g/mol. The van der Waals surface area contributed by atoms with Crippen LogP contribution in [-0.2, 0) is 0 Å². The maximum absolute atomic E-state index is 14.2. The van der Waals surface area contributed by atoms with E-state index in [1.165, 1.54) is 6.07 Å². The van der Waals surface area contributed by atoms with Crippen LogP contribution in [0.15, 0.2) is 18.2 Å². The highest BCUT2D eigenvalue weighted by atomic mass is 19.1. The zero-order valence-corrected chi connectivity index (χ0v) is 11.9. The number of nitrogens with two attached hydrogens (primary N) is 1. The Hall–Kier alpha value is -1.60. The maximum atomic E-state index is 14.2. The number of rotatable bonds is 6. The van der Waals surface area contributed by atoms with Gasteiger partial charge in [-0.25, -0.2) is 4.39 Å². The molecule has 0 spiro atoms. The molecule has 19 heavy (non-hydrogen) atoms. The lowest BCUT2D eigenvalue weighted by Crippen LogP contribution is -2.31. The van der Waals surface area contributed by atoms with Crippen LogP contribution in [-0.4, -0.2) is 13.1 Å². The van der Waals surface area contributed by atoms with Gasteiger partial charge in [-0.2, -0.15) is 5.26 Å². The van der Waals surface area contributed by atoms with Crippen molar-refractivity contribution in [2.24, 2.45) is 11.7 Å². The van der Waals surface area contributed by atoms with E-state index in [0.717, 1.165) is 5.56 Å². The molecule has 0 amide bonds. The molecule has 4 heteroatoms. The Balaban J connectivity index is 3.16. The fraction of sp³-hybridized carbons (Fsp3) is 0.533. The normalized spacial score (nSPS) is 12.3. The summed E-state index contributed by atoms with van der Waals surface area (Å²) in [5, 5.41) is 8.75. The molecule has 1 rings (SSSR count). The minimum Gasteiger partial charge on any atom is -0.368 e. The molecule has 104 valence electrons. The fourth-order valence-electron chi connectivity index (χ4n) is 2.15. The lowest BCUT2D eigenvalue weighted by atomic mass is 10.0. The van der Waals surface area contributed by atoms with Crippen molar-refractivity contribution >= 4 is 5.69 Å². The SMILES string of the molecule is CC(C)CN(CCC#N)c1c(F)cccc1[C@H](C)N. The first-order chi connectivity index (χ1) is 8.97. The van der Waals surface area contributed by atoms with E-state index in [9.17, 15) is 4.39 Å². The van der Waals surface area contributed by atoms with Crippen molar-refractivity contribution in [3.05, 3.63) is 29.6 Å². The van der Waals surface area contributed by atoms with Crippen LogP contribution in [0, 0.1) is 23.1 Å². The zero-order valence-electron chi connectivity index (χ0n) is 11.9. The van der Waals surface area contributed by atoms with Gasteiger partial charge in [-0.1, -0.05) is 26.0 Å². The predicted molar refractivity (Wildman–Crippen MR) is 76.3 cm³/mol. The minimum absolute atomic E-state index is 0.234. The molecule has 0 fully saturated rings. The second kappa shape index (κ2) is 7.10. The standard InChI is InChI=1S/C15H22FN3/c1-11(2)10-19(9-5-8-17)15-13(12(3)18)6-4-7-14(15)16/h4,6-7,11-12H,5,9-10,18H2,1-3H3/t12-/m0/s1. The number of benzene rings is 1. The van der Waals surface area contributed by atoms with Gasteiger partial charge in [0.2, 0.25) is 0 Å². The van der Waals surface area contributed by atoms with Crippen LogP contribution in [0.2, 0.25) is 0 Å². The third-order valence-electron chi connectivity index (χ3n) is 2.90. The molecule has 0 aliphatic heterocycles. The Morgan fingerprint density at radius 3 is 2.58 bits per heavy atom. The van der Waals surface area contributed by atoms with Crippen molar-refractivity contribution in [1.29, 1.82) is 5.26 Å². The van der Waals surface area contributed by atoms with Gasteiger partial charge >= 0.3 is 0 Å². The van der Waals surface area contributed by atoms with Gasteiger partial charge < -0.3 is 10.6 Å². The third-order valence-corrected chi connectivity index (χ3v) is 2.90. The van der Waals surface area contributed by atoms with Crippen LogP contribution < -0.4 is 10.6 Å². The minimum atomic E-state index is -0.270. The van der Waals surface area contributed by atoms with E-state index in [4.69, 9.17) is 11.0 Å². The molecular formula is C15H22FN3. The van der Waals surface area contributed by atoms with Crippen LogP contribution in [0.25, 0.3) is 0 Å². The molecule has 0 aliphatic carbocycles. The average Bonchev–Trinajstić information content (AvgIpc) is 2.33. The van der Waals surface area contributed by atoms with Crippen LogP contribution in [0.3, 0.4) is 0 Å². The molecule has 1 aromatic rings. The summed E-state index contributed by atoms with van der Waals surface area (Å²) in [7, 11) is 0. The van der Waals surface area contributed by atoms with Gasteiger partial charge in [0.05, 0.1) is 18.2 Å². The highest BCUT2D eigenvalue weighted by Gasteiger charge is 2.18. The van der Waals surface area contributed by atoms with Gasteiger partial charge in [0.25, 0.3) is 0 Å². The van der Waals surface area contributed by atoms with Gasteiger partial charge in [0.15, 0.2) is 0 Å². The Labute approximate surface area is 114 Å². The Kier molecular flexibility index (Phi) is 5.78. The van der Waals surface area contributed by atoms with Crippen molar-refractivity contribution in [2.45, 2.75) is 33.2 Å². The van der Waals surface area contributed by atoms with Gasteiger partial charge in [-0.3, -0.25) is 0 Å². The summed E-state index contributed by atoms with van der Waals surface area (Å²) in [6, 6.07) is 6.85. The first-order valence-electron chi connectivity index (χ1n) is 6.63. The van der Waals surface area contributed by atoms with Crippen LogP contribution >= 0.6 is 0 Å². The maximum Gasteiger partial charge on any atom is 0.146 e. The van der Waals surface area contributed by atoms with E-state index in [1.54, 1.807) is 6.07 Å².